The van der Waals surface area contributed by atoms with Gasteiger partial charge in [0.15, 0.2) is 0 Å². The van der Waals surface area contributed by atoms with Crippen LogP contribution < -0.4 is 15.6 Å². The number of aromatic nitrogens is 2. The van der Waals surface area contributed by atoms with Crippen LogP contribution in [-0.2, 0) is 11.3 Å². The Morgan fingerprint density at radius 2 is 1.97 bits per heavy atom. The van der Waals surface area contributed by atoms with Crippen molar-refractivity contribution in [3.63, 3.8) is 0 Å². The number of rotatable bonds is 5. The Kier molecular flexibility index (Phi) is 6.00. The van der Waals surface area contributed by atoms with Crippen LogP contribution in [0.4, 0.5) is 5.69 Å². The van der Waals surface area contributed by atoms with Crippen LogP contribution in [0.1, 0.15) is 5.56 Å². The first-order chi connectivity index (χ1) is 14.9. The second-order valence-corrected chi connectivity index (χ2v) is 8.57. The number of hydrogen-bond acceptors (Lipinski definition) is 5. The maximum absolute atomic E-state index is 13.1. The first-order valence-corrected chi connectivity index (χ1v) is 10.9. The number of methoxy groups -OCH3 is 1. The second-order valence-electron chi connectivity index (χ2n) is 6.86. The summed E-state index contributed by atoms with van der Waals surface area (Å²) in [5.74, 6) is 0.0549. The average Bonchev–Trinajstić information content (AvgIpc) is 3.18. The standard InChI is InChI=1S/C22H17Cl2N3O3S/c1-12-7-17(18(30-2)8-16(12)24)26-19(28)9-27-11-25-21-20(22(27)29)15(10-31-21)13-3-5-14(23)6-4-13/h3-8,10-11H,9H2,1-2H3,(H,26,28). The lowest BCUT2D eigenvalue weighted by molar-refractivity contribution is -0.116. The van der Waals surface area contributed by atoms with Gasteiger partial charge in [0.2, 0.25) is 5.91 Å². The zero-order chi connectivity index (χ0) is 22.1. The third-order valence-electron chi connectivity index (χ3n) is 4.78. The van der Waals surface area contributed by atoms with Crippen LogP contribution in [0.2, 0.25) is 10.0 Å². The molecule has 158 valence electrons. The summed E-state index contributed by atoms with van der Waals surface area (Å²) >= 11 is 13.5. The maximum Gasteiger partial charge on any atom is 0.263 e. The molecule has 0 bridgehead atoms. The molecule has 0 aliphatic rings. The Labute approximate surface area is 192 Å². The van der Waals surface area contributed by atoms with Gasteiger partial charge in [-0.25, -0.2) is 4.98 Å². The number of halogens is 2. The van der Waals surface area contributed by atoms with E-state index in [2.05, 4.69) is 10.3 Å². The number of carbonyl (C=O) groups excluding carboxylic acids is 1. The van der Waals surface area contributed by atoms with Crippen LogP contribution in [0, 0.1) is 6.92 Å². The van der Waals surface area contributed by atoms with Crippen LogP contribution in [0.5, 0.6) is 5.75 Å². The molecule has 0 spiro atoms. The fraction of sp³-hybridized carbons (Fsp3) is 0.136. The fourth-order valence-corrected chi connectivity index (χ4v) is 4.38. The lowest BCUT2D eigenvalue weighted by Gasteiger charge is -2.13. The first-order valence-electron chi connectivity index (χ1n) is 9.24. The van der Waals surface area contributed by atoms with Gasteiger partial charge in [0.1, 0.15) is 17.1 Å². The van der Waals surface area contributed by atoms with Gasteiger partial charge in [-0.2, -0.15) is 0 Å². The van der Waals surface area contributed by atoms with Crippen molar-refractivity contribution < 1.29 is 9.53 Å². The van der Waals surface area contributed by atoms with E-state index in [0.717, 1.165) is 16.7 Å². The monoisotopic (exact) mass is 473 g/mol. The van der Waals surface area contributed by atoms with E-state index in [4.69, 9.17) is 27.9 Å². The van der Waals surface area contributed by atoms with Gasteiger partial charge in [0.05, 0.1) is 24.5 Å². The zero-order valence-electron chi connectivity index (χ0n) is 16.6. The number of benzene rings is 2. The van der Waals surface area contributed by atoms with Gasteiger partial charge in [-0.15, -0.1) is 11.3 Å². The summed E-state index contributed by atoms with van der Waals surface area (Å²) in [7, 11) is 1.49. The molecule has 0 fully saturated rings. The number of fused-ring (bicyclic) bond motifs is 1. The van der Waals surface area contributed by atoms with Crippen molar-refractivity contribution in [1.29, 1.82) is 0 Å². The number of anilines is 1. The number of nitrogens with zero attached hydrogens (tertiary/aromatic N) is 2. The highest BCUT2D eigenvalue weighted by molar-refractivity contribution is 7.17. The Morgan fingerprint density at radius 1 is 1.23 bits per heavy atom. The molecule has 31 heavy (non-hydrogen) atoms. The SMILES string of the molecule is COc1cc(Cl)c(C)cc1NC(=O)Cn1cnc2scc(-c3ccc(Cl)cc3)c2c1=O. The molecule has 4 aromatic rings. The smallest absolute Gasteiger partial charge is 0.263 e. The third kappa shape index (κ3) is 4.30. The van der Waals surface area contributed by atoms with Crippen LogP contribution in [-0.4, -0.2) is 22.6 Å². The van der Waals surface area contributed by atoms with E-state index < -0.39 is 0 Å². The van der Waals surface area contributed by atoms with E-state index in [1.54, 1.807) is 24.3 Å². The van der Waals surface area contributed by atoms with Crippen molar-refractivity contribution in [2.75, 3.05) is 12.4 Å². The fourth-order valence-electron chi connectivity index (χ4n) is 3.20. The first kappa shape index (κ1) is 21.4. The minimum Gasteiger partial charge on any atom is -0.495 e. The largest absolute Gasteiger partial charge is 0.495 e. The maximum atomic E-state index is 13.1. The van der Waals surface area contributed by atoms with Gasteiger partial charge in [0.25, 0.3) is 5.56 Å². The number of aryl methyl sites for hydroxylation is 1. The molecular formula is C22H17Cl2N3O3S. The number of nitrogens with one attached hydrogen (secondary N) is 1. The molecule has 0 saturated carbocycles. The predicted octanol–water partition coefficient (Wildman–Crippen LogP) is 5.39. The Balaban J connectivity index is 1.65. The topological polar surface area (TPSA) is 73.2 Å². The highest BCUT2D eigenvalue weighted by Gasteiger charge is 2.16. The van der Waals surface area contributed by atoms with E-state index >= 15 is 0 Å². The molecular weight excluding hydrogens is 457 g/mol. The molecule has 0 saturated heterocycles. The molecule has 2 aromatic carbocycles. The summed E-state index contributed by atoms with van der Waals surface area (Å²) in [4.78, 5) is 30.8. The number of hydrogen-bond donors (Lipinski definition) is 1. The number of thiophene rings is 1. The van der Waals surface area contributed by atoms with Crippen molar-refractivity contribution in [1.82, 2.24) is 9.55 Å². The molecule has 0 aliphatic carbocycles. The minimum atomic E-state index is -0.383. The molecule has 0 atom stereocenters. The normalized spacial score (nSPS) is 11.0. The van der Waals surface area contributed by atoms with E-state index in [0.29, 0.717) is 31.7 Å². The Bertz CT molecular complexity index is 1350. The van der Waals surface area contributed by atoms with Crippen LogP contribution in [0.15, 0.2) is 52.9 Å². The van der Waals surface area contributed by atoms with E-state index in [9.17, 15) is 9.59 Å². The van der Waals surface area contributed by atoms with Gasteiger partial charge in [0, 0.05) is 27.1 Å². The Morgan fingerprint density at radius 3 is 2.68 bits per heavy atom. The van der Waals surface area contributed by atoms with E-state index in [1.165, 1.54) is 29.3 Å². The Hall–Kier alpha value is -2.87. The summed E-state index contributed by atoms with van der Waals surface area (Å²) in [6.07, 6.45) is 1.39. The van der Waals surface area contributed by atoms with Crippen molar-refractivity contribution >= 4 is 56.3 Å². The highest BCUT2D eigenvalue weighted by Crippen LogP contribution is 2.32. The lowest BCUT2D eigenvalue weighted by Crippen LogP contribution is -2.28. The quantitative estimate of drug-likeness (QED) is 0.421. The van der Waals surface area contributed by atoms with Gasteiger partial charge >= 0.3 is 0 Å². The summed E-state index contributed by atoms with van der Waals surface area (Å²) in [6, 6.07) is 10.6. The van der Waals surface area contributed by atoms with Crippen molar-refractivity contribution in [2.24, 2.45) is 0 Å². The van der Waals surface area contributed by atoms with Crippen LogP contribution in [0.25, 0.3) is 21.3 Å². The summed E-state index contributed by atoms with van der Waals surface area (Å²) in [5.41, 5.74) is 2.61. The van der Waals surface area contributed by atoms with Gasteiger partial charge in [-0.3, -0.25) is 14.2 Å². The van der Waals surface area contributed by atoms with E-state index in [1.807, 2.05) is 24.4 Å². The second kappa shape index (κ2) is 8.70. The molecule has 0 radical (unpaired) electrons. The average molecular weight is 474 g/mol. The van der Waals surface area contributed by atoms with Gasteiger partial charge < -0.3 is 10.1 Å². The molecule has 0 unspecified atom stereocenters. The van der Waals surface area contributed by atoms with Gasteiger partial charge in [-0.1, -0.05) is 35.3 Å². The van der Waals surface area contributed by atoms with Crippen molar-refractivity contribution in [3.05, 3.63) is 74.1 Å². The molecule has 9 heteroatoms. The van der Waals surface area contributed by atoms with Crippen molar-refractivity contribution in [3.8, 4) is 16.9 Å². The summed E-state index contributed by atoms with van der Waals surface area (Å²) in [5, 5.41) is 6.28. The van der Waals surface area contributed by atoms with Gasteiger partial charge in [-0.05, 0) is 36.2 Å². The number of ether oxygens (including phenoxy) is 1. The molecule has 2 heterocycles. The highest BCUT2D eigenvalue weighted by atomic mass is 35.5. The molecule has 0 aliphatic heterocycles. The van der Waals surface area contributed by atoms with Crippen LogP contribution in [0.3, 0.4) is 0 Å². The number of carbonyl (C=O) groups is 1. The lowest BCUT2D eigenvalue weighted by atomic mass is 10.1. The predicted molar refractivity (Wildman–Crippen MR) is 126 cm³/mol. The third-order valence-corrected chi connectivity index (χ3v) is 6.33. The van der Waals surface area contributed by atoms with E-state index in [-0.39, 0.29) is 18.0 Å². The molecule has 1 N–H and O–H groups in total. The van der Waals surface area contributed by atoms with Crippen molar-refractivity contribution in [2.45, 2.75) is 13.5 Å². The number of amides is 1. The minimum absolute atomic E-state index is 0.192. The molecule has 6 nitrogen and oxygen atoms in total. The summed E-state index contributed by atoms with van der Waals surface area (Å²) in [6.45, 7) is 1.64. The molecule has 4 rings (SSSR count). The summed E-state index contributed by atoms with van der Waals surface area (Å²) < 4.78 is 6.58. The van der Waals surface area contributed by atoms with Crippen LogP contribution >= 0.6 is 34.5 Å². The zero-order valence-corrected chi connectivity index (χ0v) is 18.9. The molecule has 2 aromatic heterocycles. The molecule has 1 amide bonds.